The number of rotatable bonds is 8. The first-order valence-electron chi connectivity index (χ1n) is 10.4. The van der Waals surface area contributed by atoms with Crippen LogP contribution in [-0.2, 0) is 16.0 Å². The van der Waals surface area contributed by atoms with Gasteiger partial charge in [0, 0.05) is 25.1 Å². The van der Waals surface area contributed by atoms with E-state index in [2.05, 4.69) is 5.32 Å². The van der Waals surface area contributed by atoms with E-state index in [0.717, 1.165) is 11.1 Å². The second-order valence-corrected chi connectivity index (χ2v) is 7.54. The number of esters is 1. The zero-order valence-corrected chi connectivity index (χ0v) is 19.0. The van der Waals surface area contributed by atoms with Crippen molar-refractivity contribution in [2.24, 2.45) is 0 Å². The van der Waals surface area contributed by atoms with Crippen LogP contribution < -0.4 is 29.7 Å². The molecule has 2 N–H and O–H groups in total. The number of nitrogens with one attached hydrogen (secondary N) is 1. The van der Waals surface area contributed by atoms with Crippen LogP contribution in [-0.4, -0.2) is 44.9 Å². The van der Waals surface area contributed by atoms with Crippen LogP contribution in [0.5, 0.6) is 23.0 Å². The molecule has 0 saturated carbocycles. The Kier molecular flexibility index (Phi) is 7.55. The van der Waals surface area contributed by atoms with Gasteiger partial charge in [-0.1, -0.05) is 6.07 Å². The van der Waals surface area contributed by atoms with Gasteiger partial charge in [0.15, 0.2) is 17.2 Å². The number of carbonyl (C=O) groups is 2. The van der Waals surface area contributed by atoms with Crippen LogP contribution in [0.15, 0.2) is 29.1 Å². The van der Waals surface area contributed by atoms with Gasteiger partial charge in [0.2, 0.25) is 11.2 Å². The van der Waals surface area contributed by atoms with Gasteiger partial charge in [0.25, 0.3) is 0 Å². The minimum absolute atomic E-state index is 0.0639. The van der Waals surface area contributed by atoms with Crippen molar-refractivity contribution in [2.75, 3.05) is 27.9 Å². The molecule has 33 heavy (non-hydrogen) atoms. The fourth-order valence-electron chi connectivity index (χ4n) is 4.10. The minimum Gasteiger partial charge on any atom is -0.493 e. The second kappa shape index (κ2) is 10.4. The number of carboxylic acid groups (broad SMARTS) is 1. The highest BCUT2D eigenvalue weighted by Gasteiger charge is 2.29. The van der Waals surface area contributed by atoms with E-state index in [-0.39, 0.29) is 24.8 Å². The molecule has 1 aliphatic rings. The maximum absolute atomic E-state index is 12.9. The molecule has 9 heteroatoms. The summed E-state index contributed by atoms with van der Waals surface area (Å²) in [6, 6.07) is 6.15. The maximum Gasteiger partial charge on any atom is 0.308 e. The summed E-state index contributed by atoms with van der Waals surface area (Å²) in [6.07, 6.45) is 1.14. The molecule has 1 aliphatic carbocycles. The number of hydrogen-bond donors (Lipinski definition) is 2. The van der Waals surface area contributed by atoms with Crippen molar-refractivity contribution < 1.29 is 33.6 Å². The Labute approximate surface area is 191 Å². The van der Waals surface area contributed by atoms with E-state index >= 15 is 0 Å². The monoisotopic (exact) mass is 457 g/mol. The largest absolute Gasteiger partial charge is 0.493 e. The van der Waals surface area contributed by atoms with Crippen LogP contribution in [0.3, 0.4) is 0 Å². The predicted molar refractivity (Wildman–Crippen MR) is 120 cm³/mol. The van der Waals surface area contributed by atoms with Gasteiger partial charge in [-0.3, -0.25) is 14.4 Å². The zero-order valence-electron chi connectivity index (χ0n) is 19.0. The summed E-state index contributed by atoms with van der Waals surface area (Å²) in [6.45, 7) is 1.45. The highest BCUT2D eigenvalue weighted by atomic mass is 16.5. The Hall–Kier alpha value is -3.59. The van der Waals surface area contributed by atoms with E-state index in [1.165, 1.54) is 33.3 Å². The van der Waals surface area contributed by atoms with Gasteiger partial charge in [-0.15, -0.1) is 0 Å². The van der Waals surface area contributed by atoms with Crippen molar-refractivity contribution in [3.05, 3.63) is 45.6 Å². The highest BCUT2D eigenvalue weighted by Crippen LogP contribution is 2.50. The van der Waals surface area contributed by atoms with Crippen LogP contribution in [0.4, 0.5) is 0 Å². The molecule has 0 aliphatic heterocycles. The summed E-state index contributed by atoms with van der Waals surface area (Å²) < 4.78 is 21.9. The van der Waals surface area contributed by atoms with Gasteiger partial charge in [-0.05, 0) is 47.7 Å². The Morgan fingerprint density at radius 1 is 1.06 bits per heavy atom. The van der Waals surface area contributed by atoms with Crippen molar-refractivity contribution in [1.82, 2.24) is 5.32 Å². The second-order valence-electron chi connectivity index (χ2n) is 7.54. The van der Waals surface area contributed by atoms with Crippen molar-refractivity contribution in [3.8, 4) is 34.1 Å². The third kappa shape index (κ3) is 5.09. The molecule has 0 spiro atoms. The molecule has 176 valence electrons. The summed E-state index contributed by atoms with van der Waals surface area (Å²) in [5, 5.41) is 12.3. The Morgan fingerprint density at radius 3 is 2.39 bits per heavy atom. The number of ether oxygens (including phenoxy) is 4. The summed E-state index contributed by atoms with van der Waals surface area (Å²) in [5.41, 5.74) is 2.52. The number of fused-ring (bicyclic) bond motifs is 3. The zero-order chi connectivity index (χ0) is 24.1. The van der Waals surface area contributed by atoms with Crippen LogP contribution in [0.25, 0.3) is 11.1 Å². The van der Waals surface area contributed by atoms with Gasteiger partial charge in [0.1, 0.15) is 0 Å². The van der Waals surface area contributed by atoms with Crippen LogP contribution in [0.1, 0.15) is 36.9 Å². The Bertz CT molecular complexity index is 1130. The number of methoxy groups -OCH3 is 3. The molecule has 1 atom stereocenters. The average molecular weight is 457 g/mol. The maximum atomic E-state index is 12.9. The van der Waals surface area contributed by atoms with Gasteiger partial charge >= 0.3 is 11.9 Å². The van der Waals surface area contributed by atoms with E-state index in [1.54, 1.807) is 13.2 Å². The first kappa shape index (κ1) is 24.1. The summed E-state index contributed by atoms with van der Waals surface area (Å²) in [5.74, 6) is -0.244. The number of hydrogen-bond acceptors (Lipinski definition) is 8. The van der Waals surface area contributed by atoms with Crippen molar-refractivity contribution in [3.63, 3.8) is 0 Å². The van der Waals surface area contributed by atoms with Crippen molar-refractivity contribution in [2.45, 2.75) is 32.2 Å². The van der Waals surface area contributed by atoms with E-state index in [4.69, 9.17) is 24.1 Å². The molecule has 1 unspecified atom stereocenters. The number of benzene rings is 1. The molecular weight excluding hydrogens is 430 g/mol. The fourth-order valence-corrected chi connectivity index (χ4v) is 4.10. The van der Waals surface area contributed by atoms with Gasteiger partial charge < -0.3 is 29.4 Å². The molecule has 0 aromatic heterocycles. The molecule has 2 aromatic carbocycles. The van der Waals surface area contributed by atoms with E-state index < -0.39 is 17.4 Å². The molecule has 2 aromatic rings. The Morgan fingerprint density at radius 2 is 1.79 bits per heavy atom. The molecule has 0 bridgehead atoms. The number of carboxylic acids is 1. The average Bonchev–Trinajstić information content (AvgIpc) is 3.01. The quantitative estimate of drug-likeness (QED) is 0.577. The summed E-state index contributed by atoms with van der Waals surface area (Å²) in [4.78, 5) is 35.4. The van der Waals surface area contributed by atoms with Gasteiger partial charge in [-0.2, -0.15) is 0 Å². The number of aryl methyl sites for hydroxylation is 1. The predicted octanol–water partition coefficient (Wildman–Crippen LogP) is 2.72. The summed E-state index contributed by atoms with van der Waals surface area (Å²) >= 11 is 0. The van der Waals surface area contributed by atoms with Crippen molar-refractivity contribution >= 4 is 11.9 Å². The SMILES string of the molecule is COc1cc2c(c(OC)c1OC)-c1ccc(OC(C)=O)c(=O)cc1C(NCCC(=O)O)CC2. The minimum atomic E-state index is -0.920. The van der Waals surface area contributed by atoms with Gasteiger partial charge in [0.05, 0.1) is 27.8 Å². The molecule has 0 saturated heterocycles. The van der Waals surface area contributed by atoms with Gasteiger partial charge in [-0.25, -0.2) is 0 Å². The lowest BCUT2D eigenvalue weighted by Gasteiger charge is -2.19. The normalized spacial score (nSPS) is 14.4. The lowest BCUT2D eigenvalue weighted by molar-refractivity contribution is -0.137. The first-order valence-corrected chi connectivity index (χ1v) is 10.4. The molecule has 3 rings (SSSR count). The third-order valence-corrected chi connectivity index (χ3v) is 5.48. The number of aliphatic carboxylic acids is 1. The molecule has 0 fully saturated rings. The standard InChI is InChI=1S/C24H27NO8/c1-13(26)33-19-8-6-15-16(12-18(19)27)17(25-10-9-21(28)29)7-5-14-11-20(30-2)23(31-3)24(32-4)22(14)15/h6,8,11-12,17,25H,5,7,9-10H2,1-4H3,(H,28,29). The molecular formula is C24H27NO8. The van der Waals surface area contributed by atoms with Crippen LogP contribution >= 0.6 is 0 Å². The summed E-state index contributed by atoms with van der Waals surface area (Å²) in [7, 11) is 4.58. The molecule has 0 amide bonds. The van der Waals surface area contributed by atoms with E-state index in [9.17, 15) is 14.4 Å². The van der Waals surface area contributed by atoms with E-state index in [0.29, 0.717) is 41.2 Å². The Balaban J connectivity index is 2.29. The van der Waals surface area contributed by atoms with Crippen molar-refractivity contribution in [1.29, 1.82) is 0 Å². The van der Waals surface area contributed by atoms with E-state index in [1.807, 2.05) is 6.07 Å². The number of carbonyl (C=O) groups excluding carboxylic acids is 1. The lowest BCUT2D eigenvalue weighted by Crippen LogP contribution is -2.25. The van der Waals surface area contributed by atoms with Crippen LogP contribution in [0.2, 0.25) is 0 Å². The fraction of sp³-hybridized carbons (Fsp3) is 0.375. The highest BCUT2D eigenvalue weighted by molar-refractivity contribution is 5.83. The molecule has 0 radical (unpaired) electrons. The lowest BCUT2D eigenvalue weighted by atomic mass is 9.95. The molecule has 9 nitrogen and oxygen atoms in total. The first-order chi connectivity index (χ1) is 15.8. The van der Waals surface area contributed by atoms with Crippen LogP contribution in [0, 0.1) is 0 Å². The topological polar surface area (TPSA) is 120 Å². The molecule has 0 heterocycles. The smallest absolute Gasteiger partial charge is 0.308 e. The third-order valence-electron chi connectivity index (χ3n) is 5.48.